The number of carbonyl (C=O) groups excluding carboxylic acids is 2. The Hall–Kier alpha value is -2.09. The van der Waals surface area contributed by atoms with E-state index in [1.807, 2.05) is 9.80 Å². The predicted molar refractivity (Wildman–Crippen MR) is 107 cm³/mol. The highest BCUT2D eigenvalue weighted by Crippen LogP contribution is 2.45. The fourth-order valence-corrected chi connectivity index (χ4v) is 6.18. The van der Waals surface area contributed by atoms with Gasteiger partial charge in [-0.25, -0.2) is 0 Å². The third-order valence-electron chi connectivity index (χ3n) is 6.29. The molecule has 3 fully saturated rings. The van der Waals surface area contributed by atoms with Gasteiger partial charge in [0.2, 0.25) is 5.91 Å². The summed E-state index contributed by atoms with van der Waals surface area (Å²) in [6.45, 7) is 2.00. The van der Waals surface area contributed by atoms with E-state index in [4.69, 9.17) is 0 Å². The van der Waals surface area contributed by atoms with Crippen molar-refractivity contribution >= 4 is 29.3 Å². The standard InChI is InChI=1S/C20H25N3O4S/c24-18(15-4-1-2-5-15)21-10-8-20(9-11-21)22(12-13-28-20)19(25)16-6-3-7-17(14-16)23(26)27/h3,6-7,14-15H,1-2,4-5,8-13H2. The lowest BCUT2D eigenvalue weighted by Gasteiger charge is -2.44. The summed E-state index contributed by atoms with van der Waals surface area (Å²) in [6.07, 6.45) is 5.83. The van der Waals surface area contributed by atoms with Gasteiger partial charge in [0.1, 0.15) is 0 Å². The van der Waals surface area contributed by atoms with Crippen LogP contribution in [-0.4, -0.2) is 56.8 Å². The van der Waals surface area contributed by atoms with Crippen molar-refractivity contribution in [3.8, 4) is 0 Å². The summed E-state index contributed by atoms with van der Waals surface area (Å²) >= 11 is 1.79. The lowest BCUT2D eigenvalue weighted by molar-refractivity contribution is -0.384. The van der Waals surface area contributed by atoms with E-state index in [1.165, 1.54) is 12.1 Å². The molecule has 7 nitrogen and oxygen atoms in total. The first kappa shape index (κ1) is 19.2. The third-order valence-corrected chi connectivity index (χ3v) is 7.84. The Morgan fingerprint density at radius 2 is 1.86 bits per heavy atom. The molecule has 150 valence electrons. The van der Waals surface area contributed by atoms with E-state index >= 15 is 0 Å². The number of hydrogen-bond donors (Lipinski definition) is 0. The first-order chi connectivity index (χ1) is 13.5. The van der Waals surface area contributed by atoms with Gasteiger partial charge < -0.3 is 9.80 Å². The van der Waals surface area contributed by atoms with Gasteiger partial charge in [0, 0.05) is 49.0 Å². The third kappa shape index (κ3) is 3.50. The van der Waals surface area contributed by atoms with Crippen LogP contribution in [0.2, 0.25) is 0 Å². The summed E-state index contributed by atoms with van der Waals surface area (Å²) in [5, 5.41) is 11.0. The number of nitro benzene ring substituents is 1. The molecule has 1 aromatic rings. The van der Waals surface area contributed by atoms with Crippen molar-refractivity contribution in [1.82, 2.24) is 9.80 Å². The first-order valence-corrected chi connectivity index (χ1v) is 11.0. The maximum atomic E-state index is 13.1. The summed E-state index contributed by atoms with van der Waals surface area (Å²) < 4.78 is 0. The molecule has 0 atom stereocenters. The topological polar surface area (TPSA) is 83.8 Å². The average molecular weight is 404 g/mol. The first-order valence-electron chi connectivity index (χ1n) is 9.99. The number of hydrogen-bond acceptors (Lipinski definition) is 5. The van der Waals surface area contributed by atoms with Gasteiger partial charge in [-0.05, 0) is 31.7 Å². The Bertz CT molecular complexity index is 785. The second-order valence-corrected chi connectivity index (χ2v) is 9.32. The highest BCUT2D eigenvalue weighted by atomic mass is 32.2. The van der Waals surface area contributed by atoms with Gasteiger partial charge in [-0.1, -0.05) is 18.9 Å². The van der Waals surface area contributed by atoms with E-state index in [9.17, 15) is 19.7 Å². The molecule has 0 bridgehead atoms. The zero-order valence-corrected chi connectivity index (χ0v) is 16.7. The highest BCUT2D eigenvalue weighted by molar-refractivity contribution is 8.00. The van der Waals surface area contributed by atoms with Crippen LogP contribution in [0.4, 0.5) is 5.69 Å². The number of nitro groups is 1. The van der Waals surface area contributed by atoms with E-state index in [0.29, 0.717) is 25.2 Å². The number of likely N-dealkylation sites (tertiary alicyclic amines) is 1. The lowest BCUT2D eigenvalue weighted by Crippen LogP contribution is -2.54. The number of thioether (sulfide) groups is 1. The van der Waals surface area contributed by atoms with Gasteiger partial charge in [0.15, 0.2) is 0 Å². The normalized spacial score (nSPS) is 22.0. The van der Waals surface area contributed by atoms with Gasteiger partial charge >= 0.3 is 0 Å². The number of carbonyl (C=O) groups is 2. The molecular formula is C20H25N3O4S. The minimum atomic E-state index is -0.474. The second-order valence-electron chi connectivity index (χ2n) is 7.87. The number of non-ortho nitro benzene ring substituents is 1. The van der Waals surface area contributed by atoms with Crippen molar-refractivity contribution in [2.75, 3.05) is 25.4 Å². The summed E-state index contributed by atoms with van der Waals surface area (Å²) in [4.78, 5) is 40.0. The number of amides is 2. The van der Waals surface area contributed by atoms with Crippen molar-refractivity contribution in [1.29, 1.82) is 0 Å². The quantitative estimate of drug-likeness (QED) is 0.571. The van der Waals surface area contributed by atoms with Crippen molar-refractivity contribution in [2.24, 2.45) is 5.92 Å². The van der Waals surface area contributed by atoms with Crippen LogP contribution < -0.4 is 0 Å². The minimum Gasteiger partial charge on any atom is -0.342 e. The molecule has 0 unspecified atom stereocenters. The Balaban J connectivity index is 1.46. The lowest BCUT2D eigenvalue weighted by atomic mass is 9.98. The molecular weight excluding hydrogens is 378 g/mol. The number of piperidine rings is 1. The fraction of sp³-hybridized carbons (Fsp3) is 0.600. The van der Waals surface area contributed by atoms with Crippen LogP contribution in [0.5, 0.6) is 0 Å². The maximum Gasteiger partial charge on any atom is 0.270 e. The van der Waals surface area contributed by atoms with Gasteiger partial charge in [0.05, 0.1) is 9.79 Å². The van der Waals surface area contributed by atoms with Crippen LogP contribution in [-0.2, 0) is 4.79 Å². The maximum absolute atomic E-state index is 13.1. The molecule has 1 aliphatic carbocycles. The van der Waals surface area contributed by atoms with Gasteiger partial charge in [-0.3, -0.25) is 19.7 Å². The molecule has 2 aliphatic heterocycles. The molecule has 1 spiro atoms. The van der Waals surface area contributed by atoms with Crippen LogP contribution in [0, 0.1) is 16.0 Å². The van der Waals surface area contributed by atoms with Crippen molar-refractivity contribution in [3.63, 3.8) is 0 Å². The number of nitrogens with zero attached hydrogens (tertiary/aromatic N) is 3. The zero-order valence-electron chi connectivity index (χ0n) is 15.8. The van der Waals surface area contributed by atoms with Crippen molar-refractivity contribution < 1.29 is 14.5 Å². The largest absolute Gasteiger partial charge is 0.342 e. The molecule has 2 saturated heterocycles. The van der Waals surface area contributed by atoms with E-state index in [2.05, 4.69) is 0 Å². The molecule has 2 amide bonds. The summed E-state index contributed by atoms with van der Waals surface area (Å²) in [7, 11) is 0. The molecule has 0 aromatic heterocycles. The molecule has 3 aliphatic rings. The number of rotatable bonds is 3. The van der Waals surface area contributed by atoms with Crippen LogP contribution >= 0.6 is 11.8 Å². The van der Waals surface area contributed by atoms with Crippen LogP contribution in [0.15, 0.2) is 24.3 Å². The second kappa shape index (κ2) is 7.73. The molecule has 1 saturated carbocycles. The molecule has 1 aromatic carbocycles. The van der Waals surface area contributed by atoms with Crippen LogP contribution in [0.25, 0.3) is 0 Å². The molecule has 0 N–H and O–H groups in total. The fourth-order valence-electron chi connectivity index (χ4n) is 4.73. The molecule has 4 rings (SSSR count). The molecule has 0 radical (unpaired) electrons. The molecule has 8 heteroatoms. The smallest absolute Gasteiger partial charge is 0.270 e. The van der Waals surface area contributed by atoms with Crippen molar-refractivity contribution in [2.45, 2.75) is 43.4 Å². The Labute approximate surface area is 168 Å². The summed E-state index contributed by atoms with van der Waals surface area (Å²) in [6, 6.07) is 5.96. The molecule has 28 heavy (non-hydrogen) atoms. The van der Waals surface area contributed by atoms with Crippen molar-refractivity contribution in [3.05, 3.63) is 39.9 Å². The average Bonchev–Trinajstić information content (AvgIpc) is 3.38. The van der Waals surface area contributed by atoms with Gasteiger partial charge in [0.25, 0.3) is 11.6 Å². The van der Waals surface area contributed by atoms with E-state index in [0.717, 1.165) is 44.3 Å². The highest BCUT2D eigenvalue weighted by Gasteiger charge is 2.47. The zero-order chi connectivity index (χ0) is 19.7. The SMILES string of the molecule is O=C(C1CCCC1)N1CCC2(CC1)SCCN2C(=O)c1cccc([N+](=O)[O-])c1. The molecule has 2 heterocycles. The van der Waals surface area contributed by atoms with Gasteiger partial charge in [-0.2, -0.15) is 0 Å². The van der Waals surface area contributed by atoms with Crippen LogP contribution in [0.3, 0.4) is 0 Å². The Morgan fingerprint density at radius 1 is 1.14 bits per heavy atom. The summed E-state index contributed by atoms with van der Waals surface area (Å²) in [5.74, 6) is 1.18. The summed E-state index contributed by atoms with van der Waals surface area (Å²) in [5.41, 5.74) is 0.296. The Kier molecular flexibility index (Phi) is 5.31. The van der Waals surface area contributed by atoms with E-state index < -0.39 is 4.92 Å². The van der Waals surface area contributed by atoms with Crippen LogP contribution in [0.1, 0.15) is 48.9 Å². The predicted octanol–water partition coefficient (Wildman–Crippen LogP) is 3.29. The Morgan fingerprint density at radius 3 is 2.54 bits per heavy atom. The monoisotopic (exact) mass is 403 g/mol. The van der Waals surface area contributed by atoms with Gasteiger partial charge in [-0.15, -0.1) is 11.8 Å². The van der Waals surface area contributed by atoms with E-state index in [1.54, 1.807) is 23.9 Å². The number of benzene rings is 1. The van der Waals surface area contributed by atoms with E-state index in [-0.39, 0.29) is 28.3 Å². The minimum absolute atomic E-state index is 0.0660.